The van der Waals surface area contributed by atoms with Crippen LogP contribution in [-0.4, -0.2) is 48.3 Å². The molecule has 2 saturated heterocycles. The largest absolute Gasteiger partial charge is 0.481 e. The Hall–Kier alpha value is -1.82. The Morgan fingerprint density at radius 2 is 1.74 bits per heavy atom. The van der Waals surface area contributed by atoms with Crippen LogP contribution >= 0.6 is 23.2 Å². The SMILES string of the molecule is Cc1cc(C2CN(c3c(Cl)cccc3Cl)C2)cc(C)c1CN1CCC(C(=O)O)C(F)C1. The molecule has 0 spiro atoms. The molecule has 2 heterocycles. The molecule has 4 nitrogen and oxygen atoms in total. The number of hydrogen-bond acceptors (Lipinski definition) is 3. The fourth-order valence-corrected chi connectivity index (χ4v) is 5.42. The number of piperidine rings is 1. The molecule has 166 valence electrons. The van der Waals surface area contributed by atoms with E-state index in [0.717, 1.165) is 18.8 Å². The van der Waals surface area contributed by atoms with Crippen molar-refractivity contribution in [3.63, 3.8) is 0 Å². The molecule has 0 bridgehead atoms. The molecule has 0 saturated carbocycles. The topological polar surface area (TPSA) is 43.8 Å². The summed E-state index contributed by atoms with van der Waals surface area (Å²) in [4.78, 5) is 15.4. The molecule has 0 amide bonds. The van der Waals surface area contributed by atoms with E-state index in [2.05, 4.69) is 30.9 Å². The Kier molecular flexibility index (Phi) is 6.47. The first-order valence-corrected chi connectivity index (χ1v) is 11.4. The normalized spacial score (nSPS) is 22.4. The molecule has 0 aliphatic carbocycles. The second-order valence-corrected chi connectivity index (χ2v) is 9.60. The fraction of sp³-hybridized carbons (Fsp3) is 0.458. The molecule has 4 rings (SSSR count). The van der Waals surface area contributed by atoms with Gasteiger partial charge in [0.1, 0.15) is 6.17 Å². The molecule has 0 radical (unpaired) electrons. The van der Waals surface area contributed by atoms with Crippen molar-refractivity contribution in [2.24, 2.45) is 5.92 Å². The summed E-state index contributed by atoms with van der Waals surface area (Å²) in [5, 5.41) is 10.5. The summed E-state index contributed by atoms with van der Waals surface area (Å²) in [7, 11) is 0. The molecule has 7 heteroatoms. The number of para-hydroxylation sites is 1. The van der Waals surface area contributed by atoms with E-state index >= 15 is 0 Å². The third kappa shape index (κ3) is 4.55. The molecule has 31 heavy (non-hydrogen) atoms. The number of anilines is 1. The third-order valence-corrected chi connectivity index (χ3v) is 7.26. The van der Waals surface area contributed by atoms with Crippen LogP contribution in [0.25, 0.3) is 0 Å². The van der Waals surface area contributed by atoms with Crippen molar-refractivity contribution in [1.29, 1.82) is 0 Å². The van der Waals surface area contributed by atoms with Crippen molar-refractivity contribution in [2.75, 3.05) is 31.1 Å². The first-order chi connectivity index (χ1) is 14.7. The lowest BCUT2D eigenvalue weighted by atomic mass is 9.86. The zero-order valence-corrected chi connectivity index (χ0v) is 19.3. The fourth-order valence-electron chi connectivity index (χ4n) is 4.79. The van der Waals surface area contributed by atoms with Crippen molar-refractivity contribution < 1.29 is 14.3 Å². The van der Waals surface area contributed by atoms with Gasteiger partial charge in [-0.05, 0) is 61.2 Å². The second kappa shape index (κ2) is 8.97. The molecular formula is C24H27Cl2FN2O2. The van der Waals surface area contributed by atoms with Gasteiger partial charge < -0.3 is 10.0 Å². The smallest absolute Gasteiger partial charge is 0.309 e. The van der Waals surface area contributed by atoms with E-state index in [9.17, 15) is 9.18 Å². The van der Waals surface area contributed by atoms with Gasteiger partial charge in [0.15, 0.2) is 0 Å². The monoisotopic (exact) mass is 464 g/mol. The predicted molar refractivity (Wildman–Crippen MR) is 123 cm³/mol. The average molecular weight is 465 g/mol. The van der Waals surface area contributed by atoms with Crippen molar-refractivity contribution >= 4 is 34.9 Å². The Morgan fingerprint density at radius 3 is 2.29 bits per heavy atom. The Balaban J connectivity index is 1.42. The highest BCUT2D eigenvalue weighted by Crippen LogP contribution is 2.40. The molecule has 1 N–H and O–H groups in total. The standard InChI is InChI=1S/C24H27Cl2FN2O2/c1-14-8-16(17-10-29(11-17)23-20(25)4-3-5-21(23)26)9-15(2)19(14)12-28-7-6-18(24(30)31)22(27)13-28/h3-5,8-9,17-18,22H,6-7,10-13H2,1-2H3,(H,30,31). The molecule has 2 aliphatic rings. The van der Waals surface area contributed by atoms with Gasteiger partial charge in [-0.25, -0.2) is 4.39 Å². The van der Waals surface area contributed by atoms with E-state index in [0.29, 0.717) is 35.5 Å². The molecule has 2 fully saturated rings. The lowest BCUT2D eigenvalue weighted by Crippen LogP contribution is -2.45. The highest BCUT2D eigenvalue weighted by Gasteiger charge is 2.35. The predicted octanol–water partition coefficient (Wildman–Crippen LogP) is 5.46. The van der Waals surface area contributed by atoms with E-state index in [1.807, 2.05) is 23.1 Å². The molecular weight excluding hydrogens is 438 g/mol. The minimum absolute atomic E-state index is 0.174. The number of rotatable bonds is 5. The van der Waals surface area contributed by atoms with Crippen molar-refractivity contribution in [3.05, 3.63) is 62.6 Å². The van der Waals surface area contributed by atoms with Gasteiger partial charge in [0.25, 0.3) is 0 Å². The van der Waals surface area contributed by atoms with E-state index in [4.69, 9.17) is 28.3 Å². The summed E-state index contributed by atoms with van der Waals surface area (Å²) in [6.45, 7) is 7.37. The van der Waals surface area contributed by atoms with Crippen LogP contribution in [0.3, 0.4) is 0 Å². The number of carboxylic acid groups (broad SMARTS) is 1. The Labute approximate surface area is 192 Å². The van der Waals surface area contributed by atoms with E-state index in [1.54, 1.807) is 0 Å². The number of aryl methyl sites for hydroxylation is 2. The minimum atomic E-state index is -1.32. The van der Waals surface area contributed by atoms with Gasteiger partial charge in [-0.2, -0.15) is 0 Å². The summed E-state index contributed by atoms with van der Waals surface area (Å²) >= 11 is 12.7. The Morgan fingerprint density at radius 1 is 1.13 bits per heavy atom. The number of alkyl halides is 1. The van der Waals surface area contributed by atoms with Crippen LogP contribution in [0.1, 0.15) is 34.6 Å². The highest BCUT2D eigenvalue weighted by molar-refractivity contribution is 6.39. The maximum Gasteiger partial charge on any atom is 0.309 e. The molecule has 2 aromatic carbocycles. The molecule has 2 atom stereocenters. The van der Waals surface area contributed by atoms with Gasteiger partial charge in [0.2, 0.25) is 0 Å². The number of carbonyl (C=O) groups is 1. The van der Waals surface area contributed by atoms with Crippen molar-refractivity contribution in [1.82, 2.24) is 4.90 Å². The zero-order chi connectivity index (χ0) is 22.3. The lowest BCUT2D eigenvalue weighted by molar-refractivity contribution is -0.146. The van der Waals surface area contributed by atoms with Crippen LogP contribution in [-0.2, 0) is 11.3 Å². The van der Waals surface area contributed by atoms with Crippen LogP contribution in [0.15, 0.2) is 30.3 Å². The number of benzene rings is 2. The average Bonchev–Trinajstić information content (AvgIpc) is 2.65. The molecule has 0 aromatic heterocycles. The number of nitrogens with zero attached hydrogens (tertiary/aromatic N) is 2. The summed E-state index contributed by atoms with van der Waals surface area (Å²) in [5.41, 5.74) is 5.79. The highest BCUT2D eigenvalue weighted by atomic mass is 35.5. The van der Waals surface area contributed by atoms with Crippen LogP contribution in [0.2, 0.25) is 10.0 Å². The summed E-state index contributed by atoms with van der Waals surface area (Å²) < 4.78 is 14.3. The van der Waals surface area contributed by atoms with Gasteiger partial charge in [0, 0.05) is 32.1 Å². The molecule has 2 unspecified atom stereocenters. The van der Waals surface area contributed by atoms with Gasteiger partial charge in [-0.1, -0.05) is 41.4 Å². The quantitative estimate of drug-likeness (QED) is 0.637. The van der Waals surface area contributed by atoms with Gasteiger partial charge in [0.05, 0.1) is 21.7 Å². The molecule has 2 aromatic rings. The van der Waals surface area contributed by atoms with E-state index < -0.39 is 18.1 Å². The van der Waals surface area contributed by atoms with Crippen molar-refractivity contribution in [3.8, 4) is 0 Å². The number of halogens is 3. The lowest BCUT2D eigenvalue weighted by Gasteiger charge is -2.42. The first kappa shape index (κ1) is 22.4. The van der Waals surface area contributed by atoms with Gasteiger partial charge in [-0.3, -0.25) is 9.69 Å². The zero-order valence-electron chi connectivity index (χ0n) is 17.7. The van der Waals surface area contributed by atoms with Crippen LogP contribution in [0.5, 0.6) is 0 Å². The summed E-state index contributed by atoms with van der Waals surface area (Å²) in [5.74, 6) is -1.49. The Bertz CT molecular complexity index is 950. The maximum atomic E-state index is 14.3. The van der Waals surface area contributed by atoms with Crippen LogP contribution in [0, 0.1) is 19.8 Å². The number of aliphatic carboxylic acids is 1. The van der Waals surface area contributed by atoms with E-state index in [1.165, 1.54) is 22.3 Å². The van der Waals surface area contributed by atoms with Gasteiger partial charge >= 0.3 is 5.97 Å². The van der Waals surface area contributed by atoms with Crippen LogP contribution < -0.4 is 4.90 Å². The maximum absolute atomic E-state index is 14.3. The minimum Gasteiger partial charge on any atom is -0.481 e. The summed E-state index contributed by atoms with van der Waals surface area (Å²) in [6, 6.07) is 10.0. The number of carboxylic acids is 1. The second-order valence-electron chi connectivity index (χ2n) is 8.79. The third-order valence-electron chi connectivity index (χ3n) is 6.65. The first-order valence-electron chi connectivity index (χ1n) is 10.6. The number of likely N-dealkylation sites (tertiary alicyclic amines) is 1. The van der Waals surface area contributed by atoms with Gasteiger partial charge in [-0.15, -0.1) is 0 Å². The van der Waals surface area contributed by atoms with E-state index in [-0.39, 0.29) is 6.54 Å². The van der Waals surface area contributed by atoms with Crippen LogP contribution in [0.4, 0.5) is 10.1 Å². The molecule has 2 aliphatic heterocycles. The van der Waals surface area contributed by atoms with Crippen molar-refractivity contribution in [2.45, 2.75) is 38.9 Å². The number of hydrogen-bond donors (Lipinski definition) is 1. The summed E-state index contributed by atoms with van der Waals surface area (Å²) in [6.07, 6.45) is -0.960.